The van der Waals surface area contributed by atoms with Crippen molar-refractivity contribution in [2.24, 2.45) is 5.92 Å². The van der Waals surface area contributed by atoms with Crippen molar-refractivity contribution in [3.05, 3.63) is 0 Å². The average Bonchev–Trinajstić information content (AvgIpc) is 2.30. The fourth-order valence-electron chi connectivity index (χ4n) is 1.22. The molecule has 0 aromatic rings. The van der Waals surface area contributed by atoms with E-state index in [0.29, 0.717) is 0 Å². The maximum absolute atomic E-state index is 9.24. The van der Waals surface area contributed by atoms with Gasteiger partial charge in [0.1, 0.15) is 12.9 Å². The van der Waals surface area contributed by atoms with Gasteiger partial charge in [0.25, 0.3) is 0 Å². The normalized spacial score (nSPS) is 42.0. The third-order valence-corrected chi connectivity index (χ3v) is 2.10. The molecule has 3 N–H and O–H groups in total. The number of hydrogen-bond donors (Lipinski definition) is 3. The van der Waals surface area contributed by atoms with Crippen LogP contribution in [0.1, 0.15) is 6.92 Å². The molecular weight excluding hydrogens is 164 g/mol. The van der Waals surface area contributed by atoms with E-state index < -0.39 is 12.4 Å². The largest absolute Gasteiger partial charge is 0.387 e. The van der Waals surface area contributed by atoms with Crippen LogP contribution < -0.4 is 0 Å². The van der Waals surface area contributed by atoms with Crippen molar-refractivity contribution < 1.29 is 24.8 Å². The first-order chi connectivity index (χ1) is 5.66. The zero-order valence-electron chi connectivity index (χ0n) is 6.88. The van der Waals surface area contributed by atoms with Crippen molar-refractivity contribution in [3.63, 3.8) is 0 Å². The summed E-state index contributed by atoms with van der Waals surface area (Å²) in [5.74, 6) is -0.174. The Morgan fingerprint density at radius 3 is 2.50 bits per heavy atom. The molecule has 12 heavy (non-hydrogen) atoms. The monoisotopic (exact) mass is 178 g/mol. The summed E-state index contributed by atoms with van der Waals surface area (Å²) in [6.07, 6.45) is -2.34. The first kappa shape index (κ1) is 9.88. The lowest BCUT2D eigenvalue weighted by Gasteiger charge is -2.13. The lowest BCUT2D eigenvalue weighted by atomic mass is 10.0. The number of aliphatic hydroxyl groups excluding tert-OH is 3. The van der Waals surface area contributed by atoms with Crippen molar-refractivity contribution >= 4 is 0 Å². The molecule has 1 aliphatic heterocycles. The Balaban J connectivity index is 2.36. The summed E-state index contributed by atoms with van der Waals surface area (Å²) in [4.78, 5) is 0. The summed E-state index contributed by atoms with van der Waals surface area (Å²) in [6.45, 7) is 1.57. The highest BCUT2D eigenvalue weighted by Gasteiger charge is 2.39. The van der Waals surface area contributed by atoms with Crippen molar-refractivity contribution in [1.82, 2.24) is 0 Å². The molecule has 0 aromatic carbocycles. The molecule has 4 unspecified atom stereocenters. The molecule has 1 heterocycles. The molecule has 0 radical (unpaired) electrons. The Morgan fingerprint density at radius 1 is 1.42 bits per heavy atom. The zero-order valence-corrected chi connectivity index (χ0v) is 6.88. The van der Waals surface area contributed by atoms with Crippen LogP contribution in [-0.4, -0.2) is 47.2 Å². The van der Waals surface area contributed by atoms with Gasteiger partial charge in [0.05, 0.1) is 12.7 Å². The molecule has 0 aromatic heterocycles. The van der Waals surface area contributed by atoms with Crippen LogP contribution in [0.4, 0.5) is 0 Å². The van der Waals surface area contributed by atoms with Gasteiger partial charge >= 0.3 is 0 Å². The molecule has 0 aliphatic carbocycles. The topological polar surface area (TPSA) is 79.2 Å². The summed E-state index contributed by atoms with van der Waals surface area (Å²) in [7, 11) is 0. The Kier molecular flexibility index (Phi) is 3.42. The predicted octanol–water partition coefficient (Wildman–Crippen LogP) is -1.33. The lowest BCUT2D eigenvalue weighted by Crippen LogP contribution is -2.26. The molecule has 5 nitrogen and oxygen atoms in total. The molecule has 4 atom stereocenters. The van der Waals surface area contributed by atoms with E-state index in [9.17, 15) is 5.11 Å². The van der Waals surface area contributed by atoms with E-state index in [1.165, 1.54) is 0 Å². The molecular formula is C7H14O5. The van der Waals surface area contributed by atoms with Crippen LogP contribution >= 0.6 is 0 Å². The molecule has 1 fully saturated rings. The summed E-state index contributed by atoms with van der Waals surface area (Å²) in [5.41, 5.74) is 0. The van der Waals surface area contributed by atoms with Gasteiger partial charge in [-0.2, -0.15) is 0 Å². The van der Waals surface area contributed by atoms with Gasteiger partial charge < -0.3 is 24.8 Å². The van der Waals surface area contributed by atoms with Gasteiger partial charge in [-0.1, -0.05) is 6.92 Å². The summed E-state index contributed by atoms with van der Waals surface area (Å²) >= 11 is 0. The van der Waals surface area contributed by atoms with E-state index in [-0.39, 0.29) is 25.4 Å². The number of hydrogen-bond acceptors (Lipinski definition) is 5. The highest BCUT2D eigenvalue weighted by atomic mass is 16.7. The molecule has 0 bridgehead atoms. The van der Waals surface area contributed by atoms with Crippen LogP contribution in [0.5, 0.6) is 0 Å². The zero-order chi connectivity index (χ0) is 9.14. The SMILES string of the molecule is CC1C(COCO)OC(O)C1O. The average molecular weight is 178 g/mol. The minimum Gasteiger partial charge on any atom is -0.387 e. The fourth-order valence-corrected chi connectivity index (χ4v) is 1.22. The van der Waals surface area contributed by atoms with Gasteiger partial charge in [-0.25, -0.2) is 0 Å². The third kappa shape index (κ3) is 1.94. The van der Waals surface area contributed by atoms with Gasteiger partial charge in [-0.3, -0.25) is 0 Å². The van der Waals surface area contributed by atoms with Crippen molar-refractivity contribution in [1.29, 1.82) is 0 Å². The fraction of sp³-hybridized carbons (Fsp3) is 1.00. The molecule has 5 heteroatoms. The molecule has 72 valence electrons. The highest BCUT2D eigenvalue weighted by Crippen LogP contribution is 2.25. The van der Waals surface area contributed by atoms with E-state index in [1.54, 1.807) is 6.92 Å². The molecule has 0 saturated carbocycles. The maximum Gasteiger partial charge on any atom is 0.181 e. The second kappa shape index (κ2) is 4.15. The first-order valence-electron chi connectivity index (χ1n) is 3.87. The third-order valence-electron chi connectivity index (χ3n) is 2.10. The first-order valence-corrected chi connectivity index (χ1v) is 3.87. The van der Waals surface area contributed by atoms with E-state index in [0.717, 1.165) is 0 Å². The van der Waals surface area contributed by atoms with Gasteiger partial charge in [0.2, 0.25) is 0 Å². The quantitative estimate of drug-likeness (QED) is 0.466. The Hall–Kier alpha value is -0.200. The second-order valence-electron chi connectivity index (χ2n) is 2.91. The van der Waals surface area contributed by atoms with Crippen LogP contribution in [0.15, 0.2) is 0 Å². The summed E-state index contributed by atoms with van der Waals surface area (Å²) in [6, 6.07) is 0. The highest BCUT2D eigenvalue weighted by molar-refractivity contribution is 4.82. The van der Waals surface area contributed by atoms with E-state index >= 15 is 0 Å². The van der Waals surface area contributed by atoms with E-state index in [4.69, 9.17) is 19.7 Å². The van der Waals surface area contributed by atoms with Crippen LogP contribution in [0.3, 0.4) is 0 Å². The van der Waals surface area contributed by atoms with Gasteiger partial charge in [-0.05, 0) is 0 Å². The van der Waals surface area contributed by atoms with Crippen molar-refractivity contribution in [2.45, 2.75) is 25.4 Å². The molecule has 1 aliphatic rings. The molecule has 0 amide bonds. The van der Waals surface area contributed by atoms with Gasteiger partial charge in [-0.15, -0.1) is 0 Å². The smallest absolute Gasteiger partial charge is 0.181 e. The summed E-state index contributed by atoms with van der Waals surface area (Å²) < 4.78 is 9.65. The van der Waals surface area contributed by atoms with Crippen LogP contribution in [0.25, 0.3) is 0 Å². The minimum atomic E-state index is -1.13. The number of rotatable bonds is 3. The second-order valence-corrected chi connectivity index (χ2v) is 2.91. The number of ether oxygens (including phenoxy) is 2. The standard InChI is InChI=1S/C7H14O5/c1-4-5(2-11-3-8)12-7(10)6(4)9/h4-10H,2-3H2,1H3. The minimum absolute atomic E-state index is 0.174. The van der Waals surface area contributed by atoms with Crippen LogP contribution in [0, 0.1) is 5.92 Å². The van der Waals surface area contributed by atoms with Crippen LogP contribution in [0.2, 0.25) is 0 Å². The Bertz CT molecular complexity index is 140. The Labute approximate surface area is 70.5 Å². The predicted molar refractivity (Wildman–Crippen MR) is 39.1 cm³/mol. The van der Waals surface area contributed by atoms with Crippen molar-refractivity contribution in [2.75, 3.05) is 13.4 Å². The summed E-state index contributed by atoms with van der Waals surface area (Å²) in [5, 5.41) is 26.6. The number of aliphatic hydroxyl groups is 3. The molecule has 0 spiro atoms. The van der Waals surface area contributed by atoms with Gasteiger partial charge in [0, 0.05) is 5.92 Å². The lowest BCUT2D eigenvalue weighted by molar-refractivity contribution is -0.143. The van der Waals surface area contributed by atoms with E-state index in [1.807, 2.05) is 0 Å². The van der Waals surface area contributed by atoms with Gasteiger partial charge in [0.15, 0.2) is 6.29 Å². The van der Waals surface area contributed by atoms with Crippen molar-refractivity contribution in [3.8, 4) is 0 Å². The van der Waals surface area contributed by atoms with Crippen LogP contribution in [-0.2, 0) is 9.47 Å². The molecule has 1 saturated heterocycles. The van der Waals surface area contributed by atoms with E-state index in [2.05, 4.69) is 0 Å². The maximum atomic E-state index is 9.24. The Morgan fingerprint density at radius 2 is 2.08 bits per heavy atom. The molecule has 1 rings (SSSR count).